The van der Waals surface area contributed by atoms with E-state index < -0.39 is 161 Å². The largest absolute Gasteiger partial charge is 0.480 e. The zero-order valence-corrected chi connectivity index (χ0v) is 62.9. The van der Waals surface area contributed by atoms with Gasteiger partial charge in [0, 0.05) is 40.6 Å². The van der Waals surface area contributed by atoms with Gasteiger partial charge in [-0.05, 0) is 139 Å². The minimum absolute atomic E-state index is 0.0362. The molecule has 0 spiro atoms. The quantitative estimate of drug-likeness (QED) is 0.0267. The lowest BCUT2D eigenvalue weighted by atomic mass is 9.77. The van der Waals surface area contributed by atoms with Gasteiger partial charge in [-0.2, -0.15) is 0 Å². The molecule has 22 nitrogen and oxygen atoms in total. The normalized spacial score (nSPS) is 29.1. The van der Waals surface area contributed by atoms with Crippen molar-refractivity contribution in [1.29, 1.82) is 0 Å². The molecule has 0 aromatic carbocycles. The number of fused-ring (bicyclic) bond motifs is 2. The molecule has 100 heavy (non-hydrogen) atoms. The van der Waals surface area contributed by atoms with Crippen LogP contribution >= 0.6 is 0 Å². The summed E-state index contributed by atoms with van der Waals surface area (Å²) in [6.07, 6.45) is 11.5. The highest BCUT2D eigenvalue weighted by Crippen LogP contribution is 2.35. The summed E-state index contributed by atoms with van der Waals surface area (Å²) >= 11 is 0. The summed E-state index contributed by atoms with van der Waals surface area (Å²) in [6, 6.07) is -4.65. The average Bonchev–Trinajstić information content (AvgIpc) is 0.842. The van der Waals surface area contributed by atoms with E-state index >= 15 is 0 Å². The molecule has 0 aromatic heterocycles. The molecule has 14 N–H and O–H groups in total. The zero-order valence-electron chi connectivity index (χ0n) is 62.9. The summed E-state index contributed by atoms with van der Waals surface area (Å²) in [5.74, 6) is -10.7. The van der Waals surface area contributed by atoms with Crippen molar-refractivity contribution in [3.8, 4) is 0 Å². The Hall–Kier alpha value is -5.76. The minimum atomic E-state index is -2.58. The first-order chi connectivity index (χ1) is 46.4. The Morgan fingerprint density at radius 1 is 0.700 bits per heavy atom. The predicted molar refractivity (Wildman–Crippen MR) is 387 cm³/mol. The van der Waals surface area contributed by atoms with E-state index in [1.807, 2.05) is 45.9 Å². The number of ketones is 1. The van der Waals surface area contributed by atoms with Gasteiger partial charge >= 0.3 is 11.9 Å². The van der Waals surface area contributed by atoms with E-state index in [4.69, 9.17) is 9.47 Å². The van der Waals surface area contributed by atoms with Crippen molar-refractivity contribution in [1.82, 2.24) is 16.0 Å². The average molecular weight is 1410 g/mol. The van der Waals surface area contributed by atoms with Gasteiger partial charge in [0.25, 0.3) is 0 Å². The van der Waals surface area contributed by atoms with E-state index in [1.165, 1.54) is 51.2 Å². The Morgan fingerprint density at radius 3 is 1.85 bits per heavy atom. The van der Waals surface area contributed by atoms with Crippen molar-refractivity contribution in [2.75, 3.05) is 0 Å². The molecular formula is C78H127N3O19. The minimum Gasteiger partial charge on any atom is -0.480 e. The first-order valence-corrected chi connectivity index (χ1v) is 35.8. The smallest absolute Gasteiger partial charge is 0.338 e. The molecule has 0 aliphatic carbocycles. The van der Waals surface area contributed by atoms with E-state index in [0.29, 0.717) is 41.9 Å². The van der Waals surface area contributed by atoms with Crippen molar-refractivity contribution >= 4 is 35.4 Å². The highest BCUT2D eigenvalue weighted by atomic mass is 16.6. The number of hydrogen-bond acceptors (Lipinski definition) is 18. The van der Waals surface area contributed by atoms with E-state index in [-0.39, 0.29) is 49.1 Å². The highest BCUT2D eigenvalue weighted by Gasteiger charge is 2.44. The Morgan fingerprint density at radius 2 is 1.28 bits per heavy atom. The van der Waals surface area contributed by atoms with Crippen LogP contribution < -0.4 is 16.0 Å². The van der Waals surface area contributed by atoms with Gasteiger partial charge in [-0.3, -0.25) is 19.2 Å². The van der Waals surface area contributed by atoms with Gasteiger partial charge in [0.2, 0.25) is 17.7 Å². The molecule has 568 valence electrons. The first kappa shape index (κ1) is 90.3. The Balaban J connectivity index is 2.49. The summed E-state index contributed by atoms with van der Waals surface area (Å²) in [6.45, 7) is 32.5. The molecule has 0 radical (unpaired) electrons. The van der Waals surface area contributed by atoms with Crippen LogP contribution in [0.15, 0.2) is 108 Å². The van der Waals surface area contributed by atoms with E-state index in [9.17, 15) is 84.9 Å². The van der Waals surface area contributed by atoms with Crippen molar-refractivity contribution in [3.05, 3.63) is 108 Å². The van der Waals surface area contributed by atoms with Gasteiger partial charge in [-0.25, -0.2) is 9.59 Å². The number of Topliss-reactive ketones (excluding diaryl/α,β-unsaturated/α-hetero) is 1. The monoisotopic (exact) mass is 1410 g/mol. The summed E-state index contributed by atoms with van der Waals surface area (Å²) in [5, 5.41) is 133. The number of hydrogen-bond donors (Lipinski definition) is 14. The van der Waals surface area contributed by atoms with Crippen molar-refractivity contribution < 1.29 is 94.4 Å². The molecule has 2 bridgehead atoms. The van der Waals surface area contributed by atoms with Crippen LogP contribution in [0.2, 0.25) is 0 Å². The summed E-state index contributed by atoms with van der Waals surface area (Å²) in [7, 11) is 0. The van der Waals surface area contributed by atoms with Gasteiger partial charge in [-0.1, -0.05) is 169 Å². The van der Waals surface area contributed by atoms with Crippen molar-refractivity contribution in [2.45, 2.75) is 280 Å². The van der Waals surface area contributed by atoms with Crippen LogP contribution in [0.5, 0.6) is 0 Å². The number of carboxylic acid groups (broad SMARTS) is 1. The lowest BCUT2D eigenvalue weighted by Gasteiger charge is -2.37. The number of aliphatic hydroxyl groups is 10. The fourth-order valence-electron chi connectivity index (χ4n) is 13.0. The number of ether oxygens (including phenoxy) is 2. The molecule has 22 heteroatoms. The maximum Gasteiger partial charge on any atom is 0.338 e. The molecule has 2 rings (SSSR count). The first-order valence-electron chi connectivity index (χ1n) is 35.8. The molecular weight excluding hydrogens is 1280 g/mol. The lowest BCUT2D eigenvalue weighted by Crippen LogP contribution is -2.58. The zero-order chi connectivity index (χ0) is 76.4. The summed E-state index contributed by atoms with van der Waals surface area (Å²) in [5.41, 5.74) is -0.720. The van der Waals surface area contributed by atoms with Crippen LogP contribution in [0.25, 0.3) is 0 Å². The third-order valence-electron chi connectivity index (χ3n) is 19.8. The molecule has 3 amide bonds. The van der Waals surface area contributed by atoms with Crippen LogP contribution in [0, 0.1) is 64.1 Å². The van der Waals surface area contributed by atoms with Gasteiger partial charge in [0.05, 0.1) is 85.1 Å². The van der Waals surface area contributed by atoms with Crippen molar-refractivity contribution in [2.24, 2.45) is 64.1 Å². The number of carboxylic acids is 1. The molecule has 2 aliphatic rings. The number of esters is 1. The number of cyclic esters (lactones) is 1. The van der Waals surface area contributed by atoms with Gasteiger partial charge < -0.3 is 81.6 Å². The Kier molecular flexibility index (Phi) is 38.6. The fourth-order valence-corrected chi connectivity index (χ4v) is 13.0. The number of amides is 3. The molecule has 2 aliphatic heterocycles. The second kappa shape index (κ2) is 42.7. The number of rotatable bonds is 23. The highest BCUT2D eigenvalue weighted by molar-refractivity contribution is 5.94. The molecule has 2 heterocycles. The van der Waals surface area contributed by atoms with E-state index in [2.05, 4.69) is 22.9 Å². The number of aliphatic hydroxyl groups excluding tert-OH is 10. The Labute approximate surface area is 595 Å². The third-order valence-corrected chi connectivity index (χ3v) is 19.8. The number of nitrogens with one attached hydrogen (secondary N) is 3. The van der Waals surface area contributed by atoms with Crippen LogP contribution in [0.1, 0.15) is 183 Å². The number of carbonyl (C=O) groups is 6. The Bertz CT molecular complexity index is 2890. The summed E-state index contributed by atoms with van der Waals surface area (Å²) in [4.78, 5) is 80.6. The van der Waals surface area contributed by atoms with Crippen LogP contribution in [-0.4, -0.2) is 189 Å². The SMILES string of the molecule is CC1=CCC(O)C(C)C(C(NC(=O)C(C)C(O)CCC(C)C(O)C(C)=CC(C)(C)C(O)C(CC(C)C)NC(=O)C=CC(C)(C)C(=O)C(C)C(O)C(C)C)C(C)O)OC(=O)C(O)C(C(=O)O)NC(=O)C=CC=CC=CC=CC=CCC2CC(C)CC(CC(O)C(C)C(O)C(C)=CC(C)C1O)O2. The van der Waals surface area contributed by atoms with Crippen molar-refractivity contribution in [3.63, 3.8) is 0 Å². The second-order valence-electron chi connectivity index (χ2n) is 30.7. The van der Waals surface area contributed by atoms with Gasteiger partial charge in [0.15, 0.2) is 12.1 Å². The maximum absolute atomic E-state index is 14.2. The van der Waals surface area contributed by atoms with Crippen LogP contribution in [-0.2, 0) is 38.2 Å². The standard InChI is InChI=1S/C78H127N3O19/c1-43(2)37-58(79-63(87)35-36-77(16,17)72(93)54(14)66(88)44(3)4)73(94)78(18,19)42-50(10)68(90)47(7)32-34-60(84)53(13)74(95)81-64(55(15)82)71-52(12)59(83)33-31-46(6)67(89)48(8)40-49(9)69(91)51(11)61(85)41-57-39-45(5)38-56(99-57)29-27-25-23-21-20-22-24-26-28-30-62(86)80-65(75(96)97)70(92)76(98)100-71/h20-28,30-31,35-36,40,42-45,47-48,51-61,64-71,73,82-85,88-92,94H,29,32-34,37-39,41H2,1-19H3,(H,79,87)(H,80,86)(H,81,95)(H,96,97). The molecule has 1 fully saturated rings. The van der Waals surface area contributed by atoms with Gasteiger partial charge in [0.1, 0.15) is 11.9 Å². The maximum atomic E-state index is 14.2. The molecule has 23 unspecified atom stereocenters. The molecule has 1 saturated heterocycles. The molecule has 0 aromatic rings. The predicted octanol–water partition coefficient (Wildman–Crippen LogP) is 7.53. The topological polar surface area (TPSA) is 380 Å². The number of allylic oxidation sites excluding steroid dienone is 9. The van der Waals surface area contributed by atoms with E-state index in [0.717, 1.165) is 18.9 Å². The molecule has 0 saturated carbocycles. The second-order valence-corrected chi connectivity index (χ2v) is 30.7. The number of carbonyl (C=O) groups excluding carboxylic acids is 5. The fraction of sp³-hybridized carbons (Fsp3) is 0.692. The van der Waals surface area contributed by atoms with E-state index in [1.54, 1.807) is 113 Å². The number of aliphatic carboxylic acids is 1. The van der Waals surface area contributed by atoms with Crippen LogP contribution in [0.4, 0.5) is 0 Å². The summed E-state index contributed by atoms with van der Waals surface area (Å²) < 4.78 is 12.2. The third kappa shape index (κ3) is 29.5. The van der Waals surface area contributed by atoms with Crippen LogP contribution in [0.3, 0.4) is 0 Å². The van der Waals surface area contributed by atoms with Gasteiger partial charge in [-0.15, -0.1) is 0 Å². The lowest BCUT2D eigenvalue weighted by molar-refractivity contribution is -0.174. The molecule has 23 atom stereocenters.